The summed E-state index contributed by atoms with van der Waals surface area (Å²) >= 11 is 0. The number of carboxylic acids is 1. The molecule has 0 amide bonds. The summed E-state index contributed by atoms with van der Waals surface area (Å²) in [6.45, 7) is 0.722. The number of ether oxygens (including phenoxy) is 1. The van der Waals surface area contributed by atoms with E-state index in [2.05, 4.69) is 5.32 Å². The van der Waals surface area contributed by atoms with Crippen molar-refractivity contribution in [2.24, 2.45) is 5.92 Å². The summed E-state index contributed by atoms with van der Waals surface area (Å²) in [4.78, 5) is 34.8. The summed E-state index contributed by atoms with van der Waals surface area (Å²) < 4.78 is 4.75. The van der Waals surface area contributed by atoms with Crippen molar-refractivity contribution in [3.63, 3.8) is 0 Å². The van der Waals surface area contributed by atoms with Gasteiger partial charge in [0.05, 0.1) is 12.3 Å². The van der Waals surface area contributed by atoms with Gasteiger partial charge in [-0.1, -0.05) is 30.3 Å². The second kappa shape index (κ2) is 7.70. The van der Waals surface area contributed by atoms with Crippen LogP contribution in [0, 0.1) is 5.92 Å². The van der Waals surface area contributed by atoms with E-state index in [9.17, 15) is 19.5 Å². The molecule has 0 aliphatic carbocycles. The van der Waals surface area contributed by atoms with Crippen molar-refractivity contribution < 1.29 is 24.2 Å². The van der Waals surface area contributed by atoms with Crippen LogP contribution in [0.3, 0.4) is 0 Å². The topological polar surface area (TPSA) is 92.7 Å². The standard InChI is InChI=1S/C16H19NO5/c18-14(22-16(21)13-7-4-8-17-13)10-12(15(19)20)9-11-5-2-1-3-6-11/h1-3,5-6,12-13,17H,4,7-10H2,(H,19,20)/t12?,13-/m0/s1. The highest BCUT2D eigenvalue weighted by Crippen LogP contribution is 2.15. The van der Waals surface area contributed by atoms with Crippen LogP contribution in [-0.4, -0.2) is 35.6 Å². The molecule has 1 aliphatic heterocycles. The van der Waals surface area contributed by atoms with Crippen LogP contribution in [0.1, 0.15) is 24.8 Å². The smallest absolute Gasteiger partial charge is 0.330 e. The third-order valence-electron chi connectivity index (χ3n) is 3.65. The number of carbonyl (C=O) groups is 3. The van der Waals surface area contributed by atoms with E-state index < -0.39 is 29.9 Å². The van der Waals surface area contributed by atoms with Crippen molar-refractivity contribution in [3.05, 3.63) is 35.9 Å². The van der Waals surface area contributed by atoms with Gasteiger partial charge in [-0.2, -0.15) is 0 Å². The Labute approximate surface area is 128 Å². The molecule has 1 heterocycles. The van der Waals surface area contributed by atoms with Crippen LogP contribution in [0.5, 0.6) is 0 Å². The Morgan fingerprint density at radius 3 is 2.59 bits per heavy atom. The van der Waals surface area contributed by atoms with E-state index in [0.29, 0.717) is 6.42 Å². The summed E-state index contributed by atoms with van der Waals surface area (Å²) in [6.07, 6.45) is 1.40. The third kappa shape index (κ3) is 4.66. The fourth-order valence-electron chi connectivity index (χ4n) is 2.46. The third-order valence-corrected chi connectivity index (χ3v) is 3.65. The first kappa shape index (κ1) is 16.2. The number of esters is 2. The van der Waals surface area contributed by atoms with Gasteiger partial charge in [0.15, 0.2) is 0 Å². The van der Waals surface area contributed by atoms with Crippen LogP contribution in [0.2, 0.25) is 0 Å². The summed E-state index contributed by atoms with van der Waals surface area (Å²) in [5.74, 6) is -3.39. The molecule has 1 aromatic rings. The molecule has 22 heavy (non-hydrogen) atoms. The monoisotopic (exact) mass is 305 g/mol. The Morgan fingerprint density at radius 2 is 2.00 bits per heavy atom. The van der Waals surface area contributed by atoms with Crippen molar-refractivity contribution in [3.8, 4) is 0 Å². The number of carbonyl (C=O) groups excluding carboxylic acids is 2. The zero-order chi connectivity index (χ0) is 15.9. The van der Waals surface area contributed by atoms with Crippen LogP contribution < -0.4 is 5.32 Å². The van der Waals surface area contributed by atoms with Crippen molar-refractivity contribution in [1.29, 1.82) is 0 Å². The summed E-state index contributed by atoms with van der Waals surface area (Å²) in [5, 5.41) is 12.2. The number of carboxylic acid groups (broad SMARTS) is 1. The van der Waals surface area contributed by atoms with Crippen LogP contribution in [0.15, 0.2) is 30.3 Å². The molecule has 0 bridgehead atoms. The first-order valence-electron chi connectivity index (χ1n) is 7.31. The van der Waals surface area contributed by atoms with E-state index in [1.807, 2.05) is 18.2 Å². The molecule has 2 N–H and O–H groups in total. The molecule has 0 aromatic heterocycles. The molecular formula is C16H19NO5. The normalized spacial score (nSPS) is 18.6. The molecule has 6 heteroatoms. The maximum atomic E-state index is 11.8. The predicted molar refractivity (Wildman–Crippen MR) is 78.0 cm³/mol. The van der Waals surface area contributed by atoms with E-state index in [-0.39, 0.29) is 12.8 Å². The molecule has 6 nitrogen and oxygen atoms in total. The minimum Gasteiger partial charge on any atom is -0.481 e. The van der Waals surface area contributed by atoms with Gasteiger partial charge in [-0.15, -0.1) is 0 Å². The molecule has 2 atom stereocenters. The quantitative estimate of drug-likeness (QED) is 0.605. The molecule has 1 fully saturated rings. The number of rotatable bonds is 6. The Hall–Kier alpha value is -2.21. The van der Waals surface area contributed by atoms with Gasteiger partial charge in [-0.05, 0) is 31.4 Å². The molecule has 0 radical (unpaired) electrons. The summed E-state index contributed by atoms with van der Waals surface area (Å²) in [6, 6.07) is 8.59. The van der Waals surface area contributed by atoms with E-state index in [4.69, 9.17) is 4.74 Å². The van der Waals surface area contributed by atoms with Crippen molar-refractivity contribution in [2.75, 3.05) is 6.54 Å². The Balaban J connectivity index is 1.88. The number of hydrogen-bond acceptors (Lipinski definition) is 5. The second-order valence-electron chi connectivity index (χ2n) is 5.37. The van der Waals surface area contributed by atoms with Crippen molar-refractivity contribution in [1.82, 2.24) is 5.32 Å². The van der Waals surface area contributed by atoms with Crippen LogP contribution in [-0.2, 0) is 25.5 Å². The maximum absolute atomic E-state index is 11.8. The fourth-order valence-corrected chi connectivity index (χ4v) is 2.46. The van der Waals surface area contributed by atoms with Crippen LogP contribution in [0.4, 0.5) is 0 Å². The summed E-state index contributed by atoms with van der Waals surface area (Å²) in [5.41, 5.74) is 0.825. The molecule has 1 unspecified atom stereocenters. The SMILES string of the molecule is O=C(CC(Cc1ccccc1)C(=O)O)OC(=O)[C@@H]1CCCN1. The molecule has 1 saturated heterocycles. The molecule has 0 spiro atoms. The Kier molecular flexibility index (Phi) is 5.66. The van der Waals surface area contributed by atoms with Crippen molar-refractivity contribution in [2.45, 2.75) is 31.7 Å². The molecule has 1 aliphatic rings. The van der Waals surface area contributed by atoms with Gasteiger partial charge >= 0.3 is 17.9 Å². The zero-order valence-corrected chi connectivity index (χ0v) is 12.2. The van der Waals surface area contributed by atoms with Gasteiger partial charge in [0, 0.05) is 0 Å². The molecule has 0 saturated carbocycles. The fraction of sp³-hybridized carbons (Fsp3) is 0.438. The predicted octanol–water partition coefficient (Wildman–Crippen LogP) is 1.14. The van der Waals surface area contributed by atoms with Crippen molar-refractivity contribution >= 4 is 17.9 Å². The highest BCUT2D eigenvalue weighted by Gasteiger charge is 2.28. The zero-order valence-electron chi connectivity index (χ0n) is 12.2. The van der Waals surface area contributed by atoms with Gasteiger partial charge in [-0.3, -0.25) is 9.59 Å². The minimum atomic E-state index is -1.08. The number of hydrogen-bond donors (Lipinski definition) is 2. The lowest BCUT2D eigenvalue weighted by atomic mass is 9.96. The lowest BCUT2D eigenvalue weighted by Gasteiger charge is -2.13. The summed E-state index contributed by atoms with van der Waals surface area (Å²) in [7, 11) is 0. The average Bonchev–Trinajstić information content (AvgIpc) is 3.01. The lowest BCUT2D eigenvalue weighted by molar-refractivity contribution is -0.163. The maximum Gasteiger partial charge on any atom is 0.330 e. The van der Waals surface area contributed by atoms with Crippen LogP contribution in [0.25, 0.3) is 0 Å². The van der Waals surface area contributed by atoms with Gasteiger partial charge in [0.1, 0.15) is 6.04 Å². The highest BCUT2D eigenvalue weighted by atomic mass is 16.6. The number of nitrogens with one attached hydrogen (secondary N) is 1. The average molecular weight is 305 g/mol. The van der Waals surface area contributed by atoms with E-state index in [0.717, 1.165) is 18.5 Å². The molecule has 1 aromatic carbocycles. The minimum absolute atomic E-state index is 0.223. The first-order chi connectivity index (χ1) is 10.6. The Bertz CT molecular complexity index is 537. The van der Waals surface area contributed by atoms with Gasteiger partial charge in [0.25, 0.3) is 0 Å². The largest absolute Gasteiger partial charge is 0.481 e. The van der Waals surface area contributed by atoms with E-state index >= 15 is 0 Å². The van der Waals surface area contributed by atoms with E-state index in [1.165, 1.54) is 0 Å². The van der Waals surface area contributed by atoms with Crippen LogP contribution >= 0.6 is 0 Å². The van der Waals surface area contributed by atoms with Gasteiger partial charge in [-0.25, -0.2) is 4.79 Å². The second-order valence-corrected chi connectivity index (χ2v) is 5.37. The number of aliphatic carboxylic acids is 1. The Morgan fingerprint density at radius 1 is 1.27 bits per heavy atom. The van der Waals surface area contributed by atoms with Gasteiger partial charge < -0.3 is 15.2 Å². The molecular weight excluding hydrogens is 286 g/mol. The molecule has 118 valence electrons. The first-order valence-corrected chi connectivity index (χ1v) is 7.31. The van der Waals surface area contributed by atoms with Gasteiger partial charge in [0.2, 0.25) is 0 Å². The number of benzene rings is 1. The lowest BCUT2D eigenvalue weighted by Crippen LogP contribution is -2.34. The van der Waals surface area contributed by atoms with E-state index in [1.54, 1.807) is 12.1 Å². The molecule has 2 rings (SSSR count). The highest BCUT2D eigenvalue weighted by molar-refractivity contribution is 5.90.